The first-order chi connectivity index (χ1) is 15.5. The van der Waals surface area contributed by atoms with Crippen molar-refractivity contribution in [2.75, 3.05) is 18.9 Å². The summed E-state index contributed by atoms with van der Waals surface area (Å²) in [5.41, 5.74) is 4.04. The van der Waals surface area contributed by atoms with Gasteiger partial charge in [-0.3, -0.25) is 4.98 Å². The summed E-state index contributed by atoms with van der Waals surface area (Å²) in [4.78, 5) is 4.09. The van der Waals surface area contributed by atoms with Crippen molar-refractivity contribution in [1.29, 1.82) is 5.26 Å². The third kappa shape index (κ3) is 4.81. The maximum atomic E-state index is 13.7. The van der Waals surface area contributed by atoms with Crippen LogP contribution in [0.4, 0.5) is 5.69 Å². The number of pyridine rings is 1. The number of nitriles is 1. The maximum absolute atomic E-state index is 13.7. The molecule has 8 heteroatoms. The van der Waals surface area contributed by atoms with Crippen molar-refractivity contribution >= 4 is 15.9 Å². The van der Waals surface area contributed by atoms with Gasteiger partial charge in [-0.05, 0) is 47.4 Å². The Morgan fingerprint density at radius 2 is 1.94 bits per heavy atom. The predicted octanol–water partition coefficient (Wildman–Crippen LogP) is 3.17. The molecule has 7 nitrogen and oxygen atoms in total. The van der Waals surface area contributed by atoms with E-state index in [1.165, 1.54) is 4.31 Å². The lowest BCUT2D eigenvalue weighted by molar-refractivity contribution is 0.294. The van der Waals surface area contributed by atoms with Crippen LogP contribution in [0.2, 0.25) is 0 Å². The van der Waals surface area contributed by atoms with Crippen LogP contribution in [-0.4, -0.2) is 41.6 Å². The van der Waals surface area contributed by atoms with E-state index < -0.39 is 10.2 Å². The van der Waals surface area contributed by atoms with Crippen molar-refractivity contribution in [3.63, 3.8) is 0 Å². The minimum atomic E-state index is -3.80. The lowest BCUT2D eigenvalue weighted by atomic mass is 10.1. The van der Waals surface area contributed by atoms with Crippen LogP contribution in [0.25, 0.3) is 0 Å². The monoisotopic (exact) mass is 447 g/mol. The Bertz CT molecular complexity index is 1210. The van der Waals surface area contributed by atoms with Crippen molar-refractivity contribution in [2.45, 2.75) is 25.6 Å². The van der Waals surface area contributed by atoms with Gasteiger partial charge in [-0.1, -0.05) is 36.4 Å². The summed E-state index contributed by atoms with van der Waals surface area (Å²) < 4.78 is 30.4. The maximum Gasteiger partial charge on any atom is 0.282 e. The van der Waals surface area contributed by atoms with Crippen LogP contribution < -0.4 is 5.32 Å². The number of nitrogens with one attached hydrogen (secondary N) is 1. The van der Waals surface area contributed by atoms with Gasteiger partial charge >= 0.3 is 0 Å². The second-order valence-electron chi connectivity index (χ2n) is 7.88. The van der Waals surface area contributed by atoms with Crippen molar-refractivity contribution < 1.29 is 8.42 Å². The number of hydrogen-bond donors (Lipinski definition) is 1. The van der Waals surface area contributed by atoms with Crippen LogP contribution in [0.15, 0.2) is 73.1 Å². The van der Waals surface area contributed by atoms with E-state index in [1.807, 2.05) is 42.5 Å². The zero-order valence-corrected chi connectivity index (χ0v) is 18.7. The van der Waals surface area contributed by atoms with Gasteiger partial charge in [0.25, 0.3) is 10.2 Å². The third-order valence-corrected chi connectivity index (χ3v) is 7.57. The Hall–Kier alpha value is -3.25. The van der Waals surface area contributed by atoms with Crippen LogP contribution in [-0.2, 0) is 29.7 Å². The van der Waals surface area contributed by atoms with Gasteiger partial charge in [-0.15, -0.1) is 0 Å². The molecule has 1 atom stereocenters. The van der Waals surface area contributed by atoms with E-state index in [9.17, 15) is 13.7 Å². The Morgan fingerprint density at radius 3 is 2.66 bits per heavy atom. The third-order valence-electron chi connectivity index (χ3n) is 5.63. The quantitative estimate of drug-likeness (QED) is 0.627. The molecule has 0 bridgehead atoms. The van der Waals surface area contributed by atoms with Gasteiger partial charge in [0.1, 0.15) is 0 Å². The number of aromatic nitrogens is 1. The number of fused-ring (bicyclic) bond motifs is 1. The molecule has 0 amide bonds. The van der Waals surface area contributed by atoms with E-state index in [2.05, 4.69) is 16.4 Å². The van der Waals surface area contributed by atoms with Crippen LogP contribution >= 0.6 is 0 Å². The Kier molecular flexibility index (Phi) is 6.51. The average molecular weight is 448 g/mol. The number of anilines is 1. The Morgan fingerprint density at radius 1 is 1.16 bits per heavy atom. The number of benzene rings is 2. The molecule has 0 radical (unpaired) electrons. The highest BCUT2D eigenvalue weighted by atomic mass is 32.2. The fourth-order valence-electron chi connectivity index (χ4n) is 3.93. The molecule has 4 rings (SSSR count). The highest BCUT2D eigenvalue weighted by Gasteiger charge is 2.35. The molecular formula is C24H25N5O2S. The zero-order chi connectivity index (χ0) is 22.6. The smallest absolute Gasteiger partial charge is 0.282 e. The van der Waals surface area contributed by atoms with Crippen LogP contribution in [0.1, 0.15) is 22.3 Å². The molecule has 2 aromatic carbocycles. The normalized spacial score (nSPS) is 16.6. The predicted molar refractivity (Wildman–Crippen MR) is 124 cm³/mol. The fraction of sp³-hybridized carbons (Fsp3) is 0.250. The average Bonchev–Trinajstić information content (AvgIpc) is 3.00. The summed E-state index contributed by atoms with van der Waals surface area (Å²) in [5.74, 6) is 0. The first-order valence-corrected chi connectivity index (χ1v) is 11.8. The summed E-state index contributed by atoms with van der Waals surface area (Å²) >= 11 is 0. The molecule has 2 heterocycles. The molecule has 0 saturated heterocycles. The number of rotatable bonds is 6. The highest BCUT2D eigenvalue weighted by Crippen LogP contribution is 2.28. The number of nitrogens with zero attached hydrogens (tertiary/aromatic N) is 4. The zero-order valence-electron chi connectivity index (χ0n) is 17.8. The molecule has 0 unspecified atom stereocenters. The van der Waals surface area contributed by atoms with Gasteiger partial charge in [0, 0.05) is 50.8 Å². The van der Waals surface area contributed by atoms with Crippen LogP contribution in [0.3, 0.4) is 0 Å². The molecule has 1 N–H and O–H groups in total. The van der Waals surface area contributed by atoms with Gasteiger partial charge < -0.3 is 5.32 Å². The van der Waals surface area contributed by atoms with E-state index >= 15 is 0 Å². The first kappa shape index (κ1) is 22.0. The largest absolute Gasteiger partial charge is 0.383 e. The molecule has 32 heavy (non-hydrogen) atoms. The van der Waals surface area contributed by atoms with Crippen molar-refractivity contribution in [2.24, 2.45) is 0 Å². The van der Waals surface area contributed by atoms with Gasteiger partial charge in [0.05, 0.1) is 11.6 Å². The van der Waals surface area contributed by atoms with Crippen LogP contribution in [0.5, 0.6) is 0 Å². The van der Waals surface area contributed by atoms with E-state index in [-0.39, 0.29) is 19.1 Å². The van der Waals surface area contributed by atoms with E-state index in [4.69, 9.17) is 0 Å². The Labute approximate surface area is 189 Å². The first-order valence-electron chi connectivity index (χ1n) is 10.4. The van der Waals surface area contributed by atoms with E-state index in [0.717, 1.165) is 22.4 Å². The summed E-state index contributed by atoms with van der Waals surface area (Å²) in [6, 6.07) is 20.7. The number of hydrogen-bond acceptors (Lipinski definition) is 5. The van der Waals surface area contributed by atoms with Crippen molar-refractivity contribution in [3.8, 4) is 6.07 Å². The standard InChI is InChI=1S/C24H25N5O2S/c1-28(17-21-8-5-11-26-15-21)32(30,31)29-18-22-12-20(14-25)9-10-24(22)27-16-23(29)13-19-6-3-2-4-7-19/h2-12,15,23,27H,13,16-18H2,1H3/t23-/m1/s1. The van der Waals surface area contributed by atoms with E-state index in [1.54, 1.807) is 41.9 Å². The van der Waals surface area contributed by atoms with E-state index in [0.29, 0.717) is 18.5 Å². The highest BCUT2D eigenvalue weighted by molar-refractivity contribution is 7.86. The summed E-state index contributed by atoms with van der Waals surface area (Å²) in [6.07, 6.45) is 3.91. The molecule has 3 aromatic rings. The minimum Gasteiger partial charge on any atom is -0.383 e. The van der Waals surface area contributed by atoms with Crippen molar-refractivity contribution in [3.05, 3.63) is 95.3 Å². The summed E-state index contributed by atoms with van der Waals surface area (Å²) in [6.45, 7) is 0.881. The Balaban J connectivity index is 1.68. The van der Waals surface area contributed by atoms with Gasteiger partial charge in [0.15, 0.2) is 0 Å². The minimum absolute atomic E-state index is 0.190. The molecule has 1 aromatic heterocycles. The summed E-state index contributed by atoms with van der Waals surface area (Å²) in [5, 5.41) is 12.7. The van der Waals surface area contributed by atoms with Crippen LogP contribution in [0, 0.1) is 11.3 Å². The molecule has 0 aliphatic carbocycles. The molecule has 0 spiro atoms. The second kappa shape index (κ2) is 9.49. The van der Waals surface area contributed by atoms with Gasteiger partial charge in [-0.2, -0.15) is 22.3 Å². The molecule has 0 fully saturated rings. The molecule has 1 aliphatic rings. The second-order valence-corrected chi connectivity index (χ2v) is 9.87. The molecular weight excluding hydrogens is 422 g/mol. The SMILES string of the molecule is CN(Cc1cccnc1)S(=O)(=O)N1Cc2cc(C#N)ccc2NC[C@H]1Cc1ccccc1. The molecule has 0 saturated carbocycles. The molecule has 164 valence electrons. The van der Waals surface area contributed by atoms with Gasteiger partial charge in [0.2, 0.25) is 0 Å². The van der Waals surface area contributed by atoms with Gasteiger partial charge in [-0.25, -0.2) is 0 Å². The summed E-state index contributed by atoms with van der Waals surface area (Å²) in [7, 11) is -2.21. The lowest BCUT2D eigenvalue weighted by Crippen LogP contribution is -2.48. The molecule has 1 aliphatic heterocycles. The fourth-order valence-corrected chi connectivity index (χ4v) is 5.43. The lowest BCUT2D eigenvalue weighted by Gasteiger charge is -2.32. The van der Waals surface area contributed by atoms with Crippen molar-refractivity contribution in [1.82, 2.24) is 13.6 Å². The topological polar surface area (TPSA) is 89.3 Å².